The summed E-state index contributed by atoms with van der Waals surface area (Å²) in [5.74, 6) is 1.44. The van der Waals surface area contributed by atoms with Crippen molar-refractivity contribution in [2.45, 2.75) is 32.4 Å². The summed E-state index contributed by atoms with van der Waals surface area (Å²) in [5.41, 5.74) is 1.03. The first-order chi connectivity index (χ1) is 10.2. The van der Waals surface area contributed by atoms with Gasteiger partial charge in [0.15, 0.2) is 11.5 Å². The summed E-state index contributed by atoms with van der Waals surface area (Å²) in [6, 6.07) is 4.35. The maximum atomic E-state index is 6.14. The van der Waals surface area contributed by atoms with E-state index in [-0.39, 0.29) is 0 Å². The summed E-state index contributed by atoms with van der Waals surface area (Å²) in [7, 11) is 3.29. The fourth-order valence-electron chi connectivity index (χ4n) is 3.05. The van der Waals surface area contributed by atoms with Crippen molar-refractivity contribution in [3.8, 4) is 11.5 Å². The van der Waals surface area contributed by atoms with Gasteiger partial charge in [0.2, 0.25) is 0 Å². The van der Waals surface area contributed by atoms with Crippen molar-refractivity contribution in [3.63, 3.8) is 0 Å². The van der Waals surface area contributed by atoms with Crippen LogP contribution in [-0.4, -0.2) is 44.8 Å². The molecule has 1 unspecified atom stereocenters. The molecule has 0 saturated carbocycles. The highest BCUT2D eigenvalue weighted by Crippen LogP contribution is 2.34. The minimum atomic E-state index is 0.641. The van der Waals surface area contributed by atoms with Crippen molar-refractivity contribution in [2.75, 3.05) is 33.9 Å². The van der Waals surface area contributed by atoms with Crippen LogP contribution in [0.3, 0.4) is 0 Å². The highest BCUT2D eigenvalue weighted by Gasteiger charge is 2.22. The number of nitrogens with one attached hydrogen (secondary N) is 1. The second-order valence-electron chi connectivity index (χ2n) is 5.36. The lowest BCUT2D eigenvalue weighted by Gasteiger charge is -2.23. The standard InChI is InChI=1S/C16H25ClN2O2/c1-4-19-7-5-6-14(19)11-18-10-12-8-13(17)9-15(20-2)16(12)21-3/h8-9,14,18H,4-7,10-11H2,1-3H3. The van der Waals surface area contributed by atoms with Crippen LogP contribution in [0, 0.1) is 0 Å². The molecule has 1 N–H and O–H groups in total. The third-order valence-corrected chi connectivity index (χ3v) is 4.34. The minimum absolute atomic E-state index is 0.641. The summed E-state index contributed by atoms with van der Waals surface area (Å²) in [5, 5.41) is 4.19. The first kappa shape index (κ1) is 16.4. The zero-order chi connectivity index (χ0) is 15.2. The summed E-state index contributed by atoms with van der Waals surface area (Å²) in [6.45, 7) is 6.29. The Bertz CT molecular complexity index is 468. The Hall–Kier alpha value is -0.970. The van der Waals surface area contributed by atoms with Crippen molar-refractivity contribution in [1.29, 1.82) is 0 Å². The number of ether oxygens (including phenoxy) is 2. The van der Waals surface area contributed by atoms with Crippen LogP contribution in [0.2, 0.25) is 5.02 Å². The number of rotatable bonds is 7. The molecule has 1 heterocycles. The van der Waals surface area contributed by atoms with E-state index >= 15 is 0 Å². The van der Waals surface area contributed by atoms with Gasteiger partial charge in [0.25, 0.3) is 0 Å². The van der Waals surface area contributed by atoms with Gasteiger partial charge < -0.3 is 14.8 Å². The third kappa shape index (κ3) is 4.02. The lowest BCUT2D eigenvalue weighted by Crippen LogP contribution is -2.37. The van der Waals surface area contributed by atoms with Crippen LogP contribution in [0.1, 0.15) is 25.3 Å². The summed E-state index contributed by atoms with van der Waals surface area (Å²) < 4.78 is 10.8. The average Bonchev–Trinajstić information content (AvgIpc) is 2.94. The molecule has 1 aliphatic rings. The fourth-order valence-corrected chi connectivity index (χ4v) is 3.28. The minimum Gasteiger partial charge on any atom is -0.493 e. The number of hydrogen-bond acceptors (Lipinski definition) is 4. The molecule has 0 bridgehead atoms. The molecule has 0 aromatic heterocycles. The van der Waals surface area contributed by atoms with E-state index in [4.69, 9.17) is 21.1 Å². The van der Waals surface area contributed by atoms with Gasteiger partial charge in [-0.25, -0.2) is 0 Å². The largest absolute Gasteiger partial charge is 0.493 e. The molecule has 1 saturated heterocycles. The molecule has 1 aliphatic heterocycles. The van der Waals surface area contributed by atoms with Crippen LogP contribution in [0.4, 0.5) is 0 Å². The molecule has 21 heavy (non-hydrogen) atoms. The number of likely N-dealkylation sites (tertiary alicyclic amines) is 1. The zero-order valence-electron chi connectivity index (χ0n) is 13.1. The lowest BCUT2D eigenvalue weighted by atomic mass is 10.1. The van der Waals surface area contributed by atoms with Gasteiger partial charge in [-0.15, -0.1) is 0 Å². The highest BCUT2D eigenvalue weighted by atomic mass is 35.5. The summed E-state index contributed by atoms with van der Waals surface area (Å²) in [6.07, 6.45) is 2.57. The van der Waals surface area contributed by atoms with Crippen molar-refractivity contribution >= 4 is 11.6 Å². The first-order valence-electron chi connectivity index (χ1n) is 7.54. The van der Waals surface area contributed by atoms with E-state index in [1.807, 2.05) is 6.07 Å². The van der Waals surface area contributed by atoms with Crippen molar-refractivity contribution in [1.82, 2.24) is 10.2 Å². The normalized spacial score (nSPS) is 19.0. The van der Waals surface area contributed by atoms with Gasteiger partial charge in [-0.05, 0) is 32.0 Å². The quantitative estimate of drug-likeness (QED) is 0.839. The van der Waals surface area contributed by atoms with Crippen molar-refractivity contribution in [2.24, 2.45) is 0 Å². The maximum absolute atomic E-state index is 6.14. The van der Waals surface area contributed by atoms with E-state index in [1.54, 1.807) is 20.3 Å². The number of methoxy groups -OCH3 is 2. The molecule has 0 radical (unpaired) electrons. The molecule has 4 nitrogen and oxygen atoms in total. The first-order valence-corrected chi connectivity index (χ1v) is 7.92. The SMILES string of the molecule is CCN1CCCC1CNCc1cc(Cl)cc(OC)c1OC. The molecule has 1 atom stereocenters. The Labute approximate surface area is 132 Å². The van der Waals surface area contributed by atoms with Gasteiger partial charge in [0, 0.05) is 35.8 Å². The fraction of sp³-hybridized carbons (Fsp3) is 0.625. The average molecular weight is 313 g/mol. The molecule has 1 aromatic carbocycles. The van der Waals surface area contributed by atoms with E-state index in [2.05, 4.69) is 17.1 Å². The number of likely N-dealkylation sites (N-methyl/N-ethyl adjacent to an activating group) is 1. The molecular formula is C16H25ClN2O2. The van der Waals surface area contributed by atoms with Crippen molar-refractivity contribution < 1.29 is 9.47 Å². The lowest BCUT2D eigenvalue weighted by molar-refractivity contribution is 0.259. The van der Waals surface area contributed by atoms with Crippen LogP contribution in [0.15, 0.2) is 12.1 Å². The molecule has 0 aliphatic carbocycles. The Balaban J connectivity index is 1.98. The van der Waals surface area contributed by atoms with Gasteiger partial charge >= 0.3 is 0 Å². The van der Waals surface area contributed by atoms with Gasteiger partial charge in [0.1, 0.15) is 0 Å². The number of halogens is 1. The van der Waals surface area contributed by atoms with Crippen molar-refractivity contribution in [3.05, 3.63) is 22.7 Å². The topological polar surface area (TPSA) is 33.7 Å². The van der Waals surface area contributed by atoms with Gasteiger partial charge in [-0.1, -0.05) is 18.5 Å². The molecule has 0 amide bonds. The maximum Gasteiger partial charge on any atom is 0.165 e. The Morgan fingerprint density at radius 2 is 2.14 bits per heavy atom. The number of hydrogen-bond donors (Lipinski definition) is 1. The van der Waals surface area contributed by atoms with Crippen LogP contribution < -0.4 is 14.8 Å². The molecule has 0 spiro atoms. The molecule has 5 heteroatoms. The molecule has 2 rings (SSSR count). The predicted octanol–water partition coefficient (Wildman–Crippen LogP) is 2.93. The molecule has 1 fully saturated rings. The number of benzene rings is 1. The van der Waals surface area contributed by atoms with Crippen LogP contribution >= 0.6 is 11.6 Å². The van der Waals surface area contributed by atoms with E-state index < -0.39 is 0 Å². The van der Waals surface area contributed by atoms with E-state index in [0.29, 0.717) is 16.8 Å². The number of nitrogens with zero attached hydrogens (tertiary/aromatic N) is 1. The van der Waals surface area contributed by atoms with Gasteiger partial charge in [-0.2, -0.15) is 0 Å². The second-order valence-corrected chi connectivity index (χ2v) is 5.79. The highest BCUT2D eigenvalue weighted by molar-refractivity contribution is 6.30. The second kappa shape index (κ2) is 7.87. The van der Waals surface area contributed by atoms with Crippen LogP contribution in [0.25, 0.3) is 0 Å². The predicted molar refractivity (Wildman–Crippen MR) is 86.5 cm³/mol. The zero-order valence-corrected chi connectivity index (χ0v) is 13.9. The third-order valence-electron chi connectivity index (χ3n) is 4.12. The summed E-state index contributed by atoms with van der Waals surface area (Å²) >= 11 is 6.14. The van der Waals surface area contributed by atoms with Gasteiger partial charge in [-0.3, -0.25) is 4.90 Å². The molecular weight excluding hydrogens is 288 g/mol. The molecule has 1 aromatic rings. The van der Waals surface area contributed by atoms with E-state index in [9.17, 15) is 0 Å². The Morgan fingerprint density at radius 3 is 2.81 bits per heavy atom. The Morgan fingerprint density at radius 1 is 1.33 bits per heavy atom. The van der Waals surface area contributed by atoms with E-state index in [0.717, 1.165) is 30.9 Å². The Kier molecular flexibility index (Phi) is 6.15. The van der Waals surface area contributed by atoms with E-state index in [1.165, 1.54) is 19.4 Å². The van der Waals surface area contributed by atoms with Crippen LogP contribution in [0.5, 0.6) is 11.5 Å². The summed E-state index contributed by atoms with van der Waals surface area (Å²) in [4.78, 5) is 2.53. The monoisotopic (exact) mass is 312 g/mol. The van der Waals surface area contributed by atoms with Crippen LogP contribution in [-0.2, 0) is 6.54 Å². The smallest absolute Gasteiger partial charge is 0.165 e. The molecule has 118 valence electrons. The van der Waals surface area contributed by atoms with Gasteiger partial charge in [0.05, 0.1) is 14.2 Å².